The maximum Gasteiger partial charge on any atom is 0.317 e. The third-order valence-electron chi connectivity index (χ3n) is 4.62. The molecule has 150 valence electrons. The van der Waals surface area contributed by atoms with E-state index in [0.29, 0.717) is 24.2 Å². The van der Waals surface area contributed by atoms with Gasteiger partial charge in [-0.05, 0) is 50.5 Å². The molecule has 0 bridgehead atoms. The van der Waals surface area contributed by atoms with Crippen LogP contribution in [0, 0.1) is 13.8 Å². The Kier molecular flexibility index (Phi) is 6.94. The van der Waals surface area contributed by atoms with Crippen molar-refractivity contribution in [2.45, 2.75) is 63.2 Å². The van der Waals surface area contributed by atoms with E-state index in [1.807, 2.05) is 36.6 Å². The first-order valence-corrected chi connectivity index (χ1v) is 10.8. The molecule has 0 aliphatic carbocycles. The molecule has 1 saturated heterocycles. The van der Waals surface area contributed by atoms with Crippen LogP contribution in [0.3, 0.4) is 0 Å². The number of nitrogens with zero attached hydrogens (tertiary/aromatic N) is 3. The van der Waals surface area contributed by atoms with Gasteiger partial charge < -0.3 is 9.64 Å². The Bertz CT molecular complexity index is 788. The first-order valence-electron chi connectivity index (χ1n) is 9.91. The van der Waals surface area contributed by atoms with Crippen molar-refractivity contribution >= 4 is 17.7 Å². The molecule has 2 heterocycles. The van der Waals surface area contributed by atoms with Crippen LogP contribution >= 0.6 is 11.8 Å². The van der Waals surface area contributed by atoms with Gasteiger partial charge in [-0.25, -0.2) is 9.97 Å². The lowest BCUT2D eigenvalue weighted by molar-refractivity contribution is -0.133. The molecule has 0 radical (unpaired) electrons. The van der Waals surface area contributed by atoms with Gasteiger partial charge in [0.05, 0.1) is 13.0 Å². The fraction of sp³-hybridized carbons (Fsp3) is 0.500. The number of benzene rings is 1. The average Bonchev–Trinajstić information content (AvgIpc) is 2.62. The van der Waals surface area contributed by atoms with Gasteiger partial charge in [0.1, 0.15) is 6.10 Å². The molecule has 1 aliphatic heterocycles. The number of aryl methyl sites for hydroxylation is 2. The fourth-order valence-corrected chi connectivity index (χ4v) is 4.24. The van der Waals surface area contributed by atoms with Crippen molar-refractivity contribution in [3.8, 4) is 6.01 Å². The summed E-state index contributed by atoms with van der Waals surface area (Å²) in [6.07, 6.45) is 2.23. The van der Waals surface area contributed by atoms with E-state index in [4.69, 9.17) is 4.74 Å². The van der Waals surface area contributed by atoms with Crippen LogP contribution in [0.4, 0.5) is 0 Å². The van der Waals surface area contributed by atoms with Crippen LogP contribution < -0.4 is 4.74 Å². The summed E-state index contributed by atoms with van der Waals surface area (Å²) in [6.45, 7) is 9.61. The van der Waals surface area contributed by atoms with Crippen molar-refractivity contribution < 1.29 is 9.53 Å². The summed E-state index contributed by atoms with van der Waals surface area (Å²) >= 11 is 1.83. The molecule has 28 heavy (non-hydrogen) atoms. The molecule has 1 amide bonds. The molecular formula is C22H29N3O2S. The molecule has 5 nitrogen and oxygen atoms in total. The Balaban J connectivity index is 1.56. The van der Waals surface area contributed by atoms with Gasteiger partial charge >= 0.3 is 6.01 Å². The molecule has 1 aromatic carbocycles. The van der Waals surface area contributed by atoms with Crippen molar-refractivity contribution in [2.75, 3.05) is 13.1 Å². The molecule has 1 aliphatic rings. The Hall–Kier alpha value is -2.08. The third-order valence-corrected chi connectivity index (χ3v) is 5.63. The van der Waals surface area contributed by atoms with Crippen molar-refractivity contribution in [1.82, 2.24) is 14.9 Å². The number of amides is 1. The minimum absolute atomic E-state index is 0.0521. The molecule has 1 atom stereocenters. The van der Waals surface area contributed by atoms with Gasteiger partial charge in [-0.2, -0.15) is 0 Å². The topological polar surface area (TPSA) is 55.3 Å². The fourth-order valence-electron chi connectivity index (χ4n) is 3.40. The average molecular weight is 400 g/mol. The molecule has 1 fully saturated rings. The molecule has 6 heteroatoms. The number of carbonyl (C=O) groups excluding carboxylic acids is 1. The third kappa shape index (κ3) is 5.96. The number of rotatable bonds is 6. The van der Waals surface area contributed by atoms with Gasteiger partial charge in [-0.15, -0.1) is 11.8 Å². The maximum absolute atomic E-state index is 12.8. The van der Waals surface area contributed by atoms with Crippen LogP contribution in [-0.4, -0.2) is 45.2 Å². The Morgan fingerprint density at radius 1 is 1.21 bits per heavy atom. The highest BCUT2D eigenvalue weighted by Crippen LogP contribution is 2.23. The highest BCUT2D eigenvalue weighted by Gasteiger charge is 2.25. The lowest BCUT2D eigenvalue weighted by Crippen LogP contribution is -2.45. The van der Waals surface area contributed by atoms with Crippen LogP contribution in [0.15, 0.2) is 35.2 Å². The van der Waals surface area contributed by atoms with E-state index in [1.165, 1.54) is 4.90 Å². The highest BCUT2D eigenvalue weighted by molar-refractivity contribution is 7.99. The summed E-state index contributed by atoms with van der Waals surface area (Å²) in [5.74, 6) is 0.152. The summed E-state index contributed by atoms with van der Waals surface area (Å²) < 4.78 is 5.98. The number of ether oxygens (including phenoxy) is 1. The van der Waals surface area contributed by atoms with E-state index in [9.17, 15) is 4.79 Å². The van der Waals surface area contributed by atoms with E-state index in [-0.39, 0.29) is 12.0 Å². The zero-order chi connectivity index (χ0) is 20.1. The number of carbonyl (C=O) groups is 1. The van der Waals surface area contributed by atoms with Crippen LogP contribution in [0.25, 0.3) is 0 Å². The van der Waals surface area contributed by atoms with E-state index in [2.05, 4.69) is 48.1 Å². The quantitative estimate of drug-likeness (QED) is 0.681. The summed E-state index contributed by atoms with van der Waals surface area (Å²) in [4.78, 5) is 24.6. The molecule has 3 rings (SSSR count). The van der Waals surface area contributed by atoms with E-state index >= 15 is 0 Å². The zero-order valence-corrected chi connectivity index (χ0v) is 18.0. The van der Waals surface area contributed by atoms with E-state index in [1.54, 1.807) is 0 Å². The smallest absolute Gasteiger partial charge is 0.317 e. The van der Waals surface area contributed by atoms with Gasteiger partial charge in [-0.3, -0.25) is 4.79 Å². The van der Waals surface area contributed by atoms with Gasteiger partial charge in [-0.1, -0.05) is 26.0 Å². The number of piperidine rings is 1. The Morgan fingerprint density at radius 2 is 1.89 bits per heavy atom. The predicted molar refractivity (Wildman–Crippen MR) is 113 cm³/mol. The van der Waals surface area contributed by atoms with Crippen LogP contribution in [0.2, 0.25) is 0 Å². The minimum atomic E-state index is -0.0521. The van der Waals surface area contributed by atoms with Crippen LogP contribution in [-0.2, 0) is 11.2 Å². The van der Waals surface area contributed by atoms with Crippen LogP contribution in [0.1, 0.15) is 43.6 Å². The normalized spacial score (nSPS) is 17.0. The first-order chi connectivity index (χ1) is 13.4. The van der Waals surface area contributed by atoms with Crippen LogP contribution in [0.5, 0.6) is 6.01 Å². The summed E-state index contributed by atoms with van der Waals surface area (Å²) in [5, 5.41) is 0.555. The summed E-state index contributed by atoms with van der Waals surface area (Å²) in [5.41, 5.74) is 2.84. The van der Waals surface area contributed by atoms with Crippen molar-refractivity contribution in [3.05, 3.63) is 47.3 Å². The largest absolute Gasteiger partial charge is 0.458 e. The van der Waals surface area contributed by atoms with Gasteiger partial charge in [0.15, 0.2) is 0 Å². The second kappa shape index (κ2) is 9.41. The zero-order valence-electron chi connectivity index (χ0n) is 17.1. The number of thioether (sulfide) groups is 1. The number of likely N-dealkylation sites (tertiary alicyclic amines) is 1. The Morgan fingerprint density at radius 3 is 2.54 bits per heavy atom. The van der Waals surface area contributed by atoms with Crippen molar-refractivity contribution in [3.63, 3.8) is 0 Å². The molecular weight excluding hydrogens is 370 g/mol. The highest BCUT2D eigenvalue weighted by atomic mass is 32.2. The minimum Gasteiger partial charge on any atom is -0.458 e. The Labute approximate surface area is 171 Å². The monoisotopic (exact) mass is 399 g/mol. The summed E-state index contributed by atoms with van der Waals surface area (Å²) in [7, 11) is 0. The number of hydrogen-bond acceptors (Lipinski definition) is 5. The van der Waals surface area contributed by atoms with Gasteiger partial charge in [0.25, 0.3) is 0 Å². The second-order valence-corrected chi connectivity index (χ2v) is 9.29. The lowest BCUT2D eigenvalue weighted by Gasteiger charge is -2.32. The predicted octanol–water partition coefficient (Wildman–Crippen LogP) is 4.21. The SMILES string of the molecule is Cc1cc(C)nc(OC2CCCN(C(=O)Cc3ccc(SC(C)C)cc3)C2)n1. The second-order valence-electron chi connectivity index (χ2n) is 7.64. The molecule has 2 aromatic rings. The van der Waals surface area contributed by atoms with Crippen molar-refractivity contribution in [1.29, 1.82) is 0 Å². The van der Waals surface area contributed by atoms with E-state index < -0.39 is 0 Å². The molecule has 0 saturated carbocycles. The first kappa shape index (κ1) is 20.6. The standard InChI is InChI=1S/C22H29N3O2S/c1-15(2)28-20-9-7-18(8-10-20)13-21(26)25-11-5-6-19(14-25)27-22-23-16(3)12-17(4)24-22/h7-10,12,15,19H,5-6,11,13-14H2,1-4H3. The number of aromatic nitrogens is 2. The molecule has 1 aromatic heterocycles. The number of hydrogen-bond donors (Lipinski definition) is 0. The van der Waals surface area contributed by atoms with Crippen molar-refractivity contribution in [2.24, 2.45) is 0 Å². The molecule has 0 spiro atoms. The maximum atomic E-state index is 12.8. The van der Waals surface area contributed by atoms with Gasteiger partial charge in [0.2, 0.25) is 5.91 Å². The lowest BCUT2D eigenvalue weighted by atomic mass is 10.1. The van der Waals surface area contributed by atoms with E-state index in [0.717, 1.165) is 36.3 Å². The molecule has 1 unspecified atom stereocenters. The summed E-state index contributed by atoms with van der Waals surface area (Å²) in [6, 6.07) is 10.7. The van der Waals surface area contributed by atoms with Gasteiger partial charge in [0, 0.05) is 28.1 Å². The molecule has 0 N–H and O–H groups in total.